The van der Waals surface area contributed by atoms with Gasteiger partial charge in [0.2, 0.25) is 0 Å². The number of rotatable bonds is 4. The number of hydrogen-bond acceptors (Lipinski definition) is 2. The Labute approximate surface area is 113 Å². The first-order valence-corrected chi connectivity index (χ1v) is 6.27. The van der Waals surface area contributed by atoms with E-state index < -0.39 is 5.79 Å². The highest BCUT2D eigenvalue weighted by atomic mass is 16.7. The molecular weight excluding hydrogens is 236 g/mol. The zero-order valence-corrected chi connectivity index (χ0v) is 10.5. The highest BCUT2D eigenvalue weighted by Crippen LogP contribution is 2.47. The van der Waals surface area contributed by atoms with Gasteiger partial charge in [-0.05, 0) is 24.3 Å². The van der Waals surface area contributed by atoms with Crippen LogP contribution in [0.25, 0.3) is 0 Å². The Morgan fingerprint density at radius 3 is 1.74 bits per heavy atom. The second-order valence-corrected chi connectivity index (χ2v) is 4.57. The maximum Gasteiger partial charge on any atom is 0.266 e. The van der Waals surface area contributed by atoms with E-state index in [1.807, 2.05) is 60.7 Å². The van der Waals surface area contributed by atoms with Crippen molar-refractivity contribution >= 4 is 0 Å². The predicted molar refractivity (Wildman–Crippen MR) is 73.8 cm³/mol. The molecule has 0 aliphatic heterocycles. The molecule has 1 unspecified atom stereocenters. The molecule has 2 heteroatoms. The lowest BCUT2D eigenvalue weighted by Crippen LogP contribution is -2.28. The van der Waals surface area contributed by atoms with Crippen LogP contribution in [0.15, 0.2) is 60.7 Å². The van der Waals surface area contributed by atoms with Crippen molar-refractivity contribution in [1.29, 1.82) is 0 Å². The number of hydrogen-bond donors (Lipinski definition) is 0. The fraction of sp³-hybridized carbons (Fsp3) is 0.176. The lowest BCUT2D eigenvalue weighted by Gasteiger charge is -2.20. The molecule has 0 saturated heterocycles. The second-order valence-electron chi connectivity index (χ2n) is 4.57. The summed E-state index contributed by atoms with van der Waals surface area (Å²) in [4.78, 5) is 0. The third-order valence-corrected chi connectivity index (χ3v) is 3.13. The van der Waals surface area contributed by atoms with Crippen LogP contribution < -0.4 is 9.47 Å². The van der Waals surface area contributed by atoms with E-state index in [4.69, 9.17) is 15.9 Å². The lowest BCUT2D eigenvalue weighted by atomic mass is 10.3. The molecule has 2 nitrogen and oxygen atoms in total. The molecule has 0 radical (unpaired) electrons. The Morgan fingerprint density at radius 1 is 0.895 bits per heavy atom. The van der Waals surface area contributed by atoms with Gasteiger partial charge >= 0.3 is 0 Å². The van der Waals surface area contributed by atoms with E-state index in [2.05, 4.69) is 5.92 Å². The molecule has 3 rings (SSSR count). The van der Waals surface area contributed by atoms with E-state index in [0.717, 1.165) is 11.5 Å². The van der Waals surface area contributed by atoms with Gasteiger partial charge in [-0.25, -0.2) is 0 Å². The summed E-state index contributed by atoms with van der Waals surface area (Å²) < 4.78 is 11.9. The van der Waals surface area contributed by atoms with E-state index in [-0.39, 0.29) is 5.92 Å². The van der Waals surface area contributed by atoms with Gasteiger partial charge in [0.05, 0.1) is 0 Å². The quantitative estimate of drug-likeness (QED) is 0.611. The molecule has 0 aromatic heterocycles. The maximum absolute atomic E-state index is 5.96. The van der Waals surface area contributed by atoms with Crippen molar-refractivity contribution in [3.8, 4) is 23.8 Å². The van der Waals surface area contributed by atoms with Crippen LogP contribution in [-0.2, 0) is 0 Å². The fourth-order valence-electron chi connectivity index (χ4n) is 2.03. The van der Waals surface area contributed by atoms with Gasteiger partial charge in [-0.2, -0.15) is 0 Å². The van der Waals surface area contributed by atoms with Crippen LogP contribution in [-0.4, -0.2) is 5.79 Å². The molecule has 2 aromatic rings. The Balaban J connectivity index is 1.80. The first kappa shape index (κ1) is 11.7. The number of terminal acetylenes is 1. The van der Waals surface area contributed by atoms with Crippen molar-refractivity contribution in [3.63, 3.8) is 0 Å². The zero-order valence-electron chi connectivity index (χ0n) is 10.5. The summed E-state index contributed by atoms with van der Waals surface area (Å²) in [5, 5.41) is 0. The van der Waals surface area contributed by atoms with Gasteiger partial charge in [0.1, 0.15) is 17.4 Å². The minimum Gasteiger partial charge on any atom is -0.451 e. The minimum absolute atomic E-state index is 0.00656. The SMILES string of the molecule is C#CC1CC1(Oc1ccccc1)Oc1ccccc1. The molecule has 0 bridgehead atoms. The van der Waals surface area contributed by atoms with Crippen LogP contribution in [0, 0.1) is 18.3 Å². The van der Waals surface area contributed by atoms with E-state index in [9.17, 15) is 0 Å². The lowest BCUT2D eigenvalue weighted by molar-refractivity contribution is -0.0295. The Morgan fingerprint density at radius 2 is 1.37 bits per heavy atom. The van der Waals surface area contributed by atoms with E-state index in [1.165, 1.54) is 0 Å². The first-order chi connectivity index (χ1) is 9.32. The molecule has 0 amide bonds. The highest BCUT2D eigenvalue weighted by Gasteiger charge is 2.60. The van der Waals surface area contributed by atoms with Gasteiger partial charge in [-0.3, -0.25) is 0 Å². The van der Waals surface area contributed by atoms with Crippen LogP contribution in [0.3, 0.4) is 0 Å². The summed E-state index contributed by atoms with van der Waals surface area (Å²) in [6, 6.07) is 19.2. The van der Waals surface area contributed by atoms with Crippen LogP contribution in [0.2, 0.25) is 0 Å². The van der Waals surface area contributed by atoms with E-state index in [0.29, 0.717) is 6.42 Å². The van der Waals surface area contributed by atoms with Gasteiger partial charge in [-0.1, -0.05) is 42.3 Å². The highest BCUT2D eigenvalue weighted by molar-refractivity contribution is 5.29. The largest absolute Gasteiger partial charge is 0.451 e. The Hall–Kier alpha value is -2.40. The third-order valence-electron chi connectivity index (χ3n) is 3.13. The normalized spacial score (nSPS) is 19.2. The molecule has 1 aliphatic rings. The van der Waals surface area contributed by atoms with Gasteiger partial charge in [0, 0.05) is 6.42 Å². The number of ether oxygens (including phenoxy) is 2. The molecule has 0 heterocycles. The predicted octanol–water partition coefficient (Wildman–Crippen LogP) is 3.49. The standard InChI is InChI=1S/C17H14O2/c1-2-14-13-17(14,18-15-9-5-3-6-10-15)19-16-11-7-4-8-12-16/h1,3-12,14H,13H2. The number of para-hydroxylation sites is 2. The Bertz CT molecular complexity index is 542. The summed E-state index contributed by atoms with van der Waals surface area (Å²) in [5.41, 5.74) is 0. The van der Waals surface area contributed by atoms with Crippen molar-refractivity contribution in [3.05, 3.63) is 60.7 Å². The van der Waals surface area contributed by atoms with Gasteiger partial charge in [0.25, 0.3) is 5.79 Å². The summed E-state index contributed by atoms with van der Waals surface area (Å²) in [7, 11) is 0. The van der Waals surface area contributed by atoms with E-state index in [1.54, 1.807) is 0 Å². The molecule has 2 aromatic carbocycles. The molecule has 1 aliphatic carbocycles. The van der Waals surface area contributed by atoms with Crippen molar-refractivity contribution in [1.82, 2.24) is 0 Å². The molecule has 1 fully saturated rings. The summed E-state index contributed by atoms with van der Waals surface area (Å²) >= 11 is 0. The van der Waals surface area contributed by atoms with Crippen molar-refractivity contribution < 1.29 is 9.47 Å². The third kappa shape index (κ3) is 2.41. The van der Waals surface area contributed by atoms with E-state index >= 15 is 0 Å². The molecule has 94 valence electrons. The average Bonchev–Trinajstić information content (AvgIpc) is 3.13. The monoisotopic (exact) mass is 250 g/mol. The zero-order chi connectivity index (χ0) is 13.1. The average molecular weight is 250 g/mol. The summed E-state index contributed by atoms with van der Waals surface area (Å²) in [6.07, 6.45) is 6.22. The van der Waals surface area contributed by atoms with Crippen LogP contribution in [0.1, 0.15) is 6.42 Å². The first-order valence-electron chi connectivity index (χ1n) is 6.27. The van der Waals surface area contributed by atoms with Crippen LogP contribution in [0.4, 0.5) is 0 Å². The fourth-order valence-corrected chi connectivity index (χ4v) is 2.03. The van der Waals surface area contributed by atoms with Gasteiger partial charge < -0.3 is 9.47 Å². The van der Waals surface area contributed by atoms with Gasteiger partial charge in [0.15, 0.2) is 0 Å². The molecule has 0 spiro atoms. The molecule has 1 atom stereocenters. The maximum atomic E-state index is 5.96. The van der Waals surface area contributed by atoms with Crippen molar-refractivity contribution in [2.45, 2.75) is 12.2 Å². The molecular formula is C17H14O2. The summed E-state index contributed by atoms with van der Waals surface area (Å²) in [5.74, 6) is 3.55. The minimum atomic E-state index is -0.711. The summed E-state index contributed by atoms with van der Waals surface area (Å²) in [6.45, 7) is 0. The van der Waals surface area contributed by atoms with Crippen molar-refractivity contribution in [2.24, 2.45) is 5.92 Å². The van der Waals surface area contributed by atoms with Crippen LogP contribution in [0.5, 0.6) is 11.5 Å². The second kappa shape index (κ2) is 4.70. The Kier molecular flexibility index (Phi) is 2.89. The molecule has 0 N–H and O–H groups in total. The smallest absolute Gasteiger partial charge is 0.266 e. The van der Waals surface area contributed by atoms with Crippen LogP contribution >= 0.6 is 0 Å². The van der Waals surface area contributed by atoms with Crippen molar-refractivity contribution in [2.75, 3.05) is 0 Å². The topological polar surface area (TPSA) is 18.5 Å². The molecule has 1 saturated carbocycles. The van der Waals surface area contributed by atoms with Gasteiger partial charge in [-0.15, -0.1) is 6.42 Å². The molecule has 19 heavy (non-hydrogen) atoms. The number of benzene rings is 2.